The summed E-state index contributed by atoms with van der Waals surface area (Å²) in [6.07, 6.45) is 3.40. The molecule has 0 saturated carbocycles. The van der Waals surface area contributed by atoms with Crippen LogP contribution in [-0.4, -0.2) is 26.3 Å². The molecule has 2 heterocycles. The Morgan fingerprint density at radius 1 is 1.08 bits per heavy atom. The highest BCUT2D eigenvalue weighted by Gasteiger charge is 2.17. The number of hydrogen-bond donors (Lipinski definition) is 2. The number of fused-ring (bicyclic) bond motifs is 1. The molecule has 3 N–H and O–H groups in total. The van der Waals surface area contributed by atoms with Gasteiger partial charge in [0.05, 0.1) is 11.7 Å². The maximum atomic E-state index is 11.9. The average Bonchev–Trinajstić information content (AvgIpc) is 3.15. The molecule has 0 aliphatic carbocycles. The third-order valence-corrected chi connectivity index (χ3v) is 3.92. The monoisotopic (exact) mass is 315 g/mol. The summed E-state index contributed by atoms with van der Waals surface area (Å²) in [4.78, 5) is 16.3. The molecule has 0 unspecified atom stereocenters. The number of nitrogens with one attached hydrogen (secondary N) is 1. The van der Waals surface area contributed by atoms with Crippen molar-refractivity contribution in [3.63, 3.8) is 0 Å². The minimum atomic E-state index is -0.506. The molecule has 116 valence electrons. The van der Waals surface area contributed by atoms with Gasteiger partial charge in [0, 0.05) is 22.7 Å². The zero-order chi connectivity index (χ0) is 16.5. The Morgan fingerprint density at radius 3 is 2.79 bits per heavy atom. The van der Waals surface area contributed by atoms with Gasteiger partial charge in [-0.2, -0.15) is 0 Å². The highest BCUT2D eigenvalue weighted by molar-refractivity contribution is 6.03. The lowest BCUT2D eigenvalue weighted by atomic mass is 9.92. The molecule has 0 spiro atoms. The lowest BCUT2D eigenvalue weighted by Gasteiger charge is -2.12. The van der Waals surface area contributed by atoms with Crippen molar-refractivity contribution >= 4 is 16.8 Å². The van der Waals surface area contributed by atoms with E-state index in [4.69, 9.17) is 5.73 Å². The van der Waals surface area contributed by atoms with Crippen LogP contribution in [0.1, 0.15) is 10.4 Å². The quantitative estimate of drug-likeness (QED) is 0.607. The van der Waals surface area contributed by atoms with E-state index in [9.17, 15) is 4.79 Å². The van der Waals surface area contributed by atoms with Gasteiger partial charge in [-0.1, -0.05) is 35.5 Å². The summed E-state index contributed by atoms with van der Waals surface area (Å²) in [5.41, 5.74) is 9.85. The van der Waals surface area contributed by atoms with Crippen LogP contribution in [0.25, 0.3) is 33.3 Å². The fourth-order valence-corrected chi connectivity index (χ4v) is 2.83. The normalized spacial score (nSPS) is 10.8. The molecule has 6 heteroatoms. The van der Waals surface area contributed by atoms with E-state index in [2.05, 4.69) is 20.4 Å². The van der Waals surface area contributed by atoms with Crippen LogP contribution < -0.4 is 5.73 Å². The number of amides is 1. The van der Waals surface area contributed by atoms with Crippen molar-refractivity contribution < 1.29 is 4.79 Å². The highest BCUT2D eigenvalue weighted by atomic mass is 16.1. The fourth-order valence-electron chi connectivity index (χ4n) is 2.83. The predicted octanol–water partition coefficient (Wildman–Crippen LogP) is 2.79. The van der Waals surface area contributed by atoms with E-state index in [1.54, 1.807) is 18.5 Å². The van der Waals surface area contributed by atoms with Gasteiger partial charge in [-0.25, -0.2) is 0 Å². The second kappa shape index (κ2) is 5.58. The van der Waals surface area contributed by atoms with Crippen LogP contribution in [0.2, 0.25) is 0 Å². The van der Waals surface area contributed by atoms with Gasteiger partial charge >= 0.3 is 0 Å². The molecule has 0 aliphatic heterocycles. The first-order valence-corrected chi connectivity index (χ1v) is 7.39. The molecule has 0 fully saturated rings. The number of carbonyl (C=O) groups excluding carboxylic acids is 1. The number of aromatic amines is 1. The van der Waals surface area contributed by atoms with Gasteiger partial charge in [0.2, 0.25) is 5.91 Å². The van der Waals surface area contributed by atoms with Gasteiger partial charge in [0.25, 0.3) is 0 Å². The van der Waals surface area contributed by atoms with E-state index in [1.165, 1.54) is 0 Å². The molecule has 0 aliphatic rings. The Hall–Kier alpha value is -3.54. The Morgan fingerprint density at radius 2 is 2.00 bits per heavy atom. The van der Waals surface area contributed by atoms with Crippen molar-refractivity contribution in [2.75, 3.05) is 0 Å². The molecule has 6 nitrogen and oxygen atoms in total. The predicted molar refractivity (Wildman–Crippen MR) is 91.1 cm³/mol. The first kappa shape index (κ1) is 14.1. The van der Waals surface area contributed by atoms with Crippen molar-refractivity contribution in [2.45, 2.75) is 0 Å². The van der Waals surface area contributed by atoms with Crippen molar-refractivity contribution in [1.29, 1.82) is 0 Å². The first-order valence-electron chi connectivity index (χ1n) is 7.39. The molecule has 0 bridgehead atoms. The number of rotatable bonds is 3. The van der Waals surface area contributed by atoms with Crippen LogP contribution in [0.15, 0.2) is 60.9 Å². The molecule has 4 aromatic rings. The first-order chi connectivity index (χ1) is 11.7. The number of benzene rings is 2. The standard InChI is InChI=1S/C18H13N5O/c19-18(24)14-5-1-4-13(17(14)16-10-21-23-22-16)12-7-6-11-3-2-8-20-15(11)9-12/h1-10H,(H2,19,24)(H,21,22,23). The number of hydrogen-bond acceptors (Lipinski definition) is 4. The summed E-state index contributed by atoms with van der Waals surface area (Å²) >= 11 is 0. The van der Waals surface area contributed by atoms with E-state index in [-0.39, 0.29) is 0 Å². The highest BCUT2D eigenvalue weighted by Crippen LogP contribution is 2.34. The summed E-state index contributed by atoms with van der Waals surface area (Å²) in [6.45, 7) is 0. The molecule has 24 heavy (non-hydrogen) atoms. The zero-order valence-electron chi connectivity index (χ0n) is 12.6. The average molecular weight is 315 g/mol. The Kier molecular flexibility index (Phi) is 3.28. The summed E-state index contributed by atoms with van der Waals surface area (Å²) in [5.74, 6) is -0.506. The Balaban J connectivity index is 2.00. The second-order valence-corrected chi connectivity index (χ2v) is 5.36. The molecule has 1 amide bonds. The SMILES string of the molecule is NC(=O)c1cccc(-c2ccc3cccnc3c2)c1-c1c[nH]nn1. The van der Waals surface area contributed by atoms with Crippen molar-refractivity contribution in [2.24, 2.45) is 5.73 Å². The van der Waals surface area contributed by atoms with E-state index in [0.29, 0.717) is 16.8 Å². The number of nitrogens with two attached hydrogens (primary N) is 1. The van der Waals surface area contributed by atoms with E-state index < -0.39 is 5.91 Å². The Labute approximate surface area is 137 Å². The lowest BCUT2D eigenvalue weighted by Crippen LogP contribution is -2.13. The minimum absolute atomic E-state index is 0.405. The fraction of sp³-hybridized carbons (Fsp3) is 0. The molecular formula is C18H13N5O. The van der Waals surface area contributed by atoms with Crippen LogP contribution in [0.5, 0.6) is 0 Å². The van der Waals surface area contributed by atoms with Crippen LogP contribution in [0.4, 0.5) is 0 Å². The number of nitrogens with zero attached hydrogens (tertiary/aromatic N) is 3. The number of aromatic nitrogens is 4. The van der Waals surface area contributed by atoms with Gasteiger partial charge < -0.3 is 5.73 Å². The van der Waals surface area contributed by atoms with Crippen LogP contribution in [0.3, 0.4) is 0 Å². The second-order valence-electron chi connectivity index (χ2n) is 5.36. The third kappa shape index (κ3) is 2.30. The van der Waals surface area contributed by atoms with Gasteiger partial charge in [-0.05, 0) is 29.3 Å². The minimum Gasteiger partial charge on any atom is -0.366 e. The number of pyridine rings is 1. The van der Waals surface area contributed by atoms with Crippen molar-refractivity contribution in [3.05, 3.63) is 66.5 Å². The summed E-state index contributed by atoms with van der Waals surface area (Å²) < 4.78 is 0. The molecule has 0 saturated heterocycles. The number of carbonyl (C=O) groups is 1. The number of primary amides is 1. The maximum Gasteiger partial charge on any atom is 0.249 e. The molecule has 4 rings (SSSR count). The van der Waals surface area contributed by atoms with E-state index >= 15 is 0 Å². The summed E-state index contributed by atoms with van der Waals surface area (Å²) in [6, 6.07) is 15.3. The van der Waals surface area contributed by atoms with E-state index in [0.717, 1.165) is 22.0 Å². The van der Waals surface area contributed by atoms with Crippen molar-refractivity contribution in [3.8, 4) is 22.4 Å². The summed E-state index contributed by atoms with van der Waals surface area (Å²) in [5, 5.41) is 11.5. The van der Waals surface area contributed by atoms with Gasteiger partial charge in [0.15, 0.2) is 0 Å². The molecule has 0 atom stereocenters. The molecular weight excluding hydrogens is 302 g/mol. The largest absolute Gasteiger partial charge is 0.366 e. The van der Waals surface area contributed by atoms with Crippen LogP contribution >= 0.6 is 0 Å². The summed E-state index contributed by atoms with van der Waals surface area (Å²) in [7, 11) is 0. The Bertz CT molecular complexity index is 1040. The topological polar surface area (TPSA) is 97.6 Å². The van der Waals surface area contributed by atoms with Crippen molar-refractivity contribution in [1.82, 2.24) is 20.4 Å². The molecule has 0 radical (unpaired) electrons. The van der Waals surface area contributed by atoms with Gasteiger partial charge in [-0.3, -0.25) is 14.9 Å². The van der Waals surface area contributed by atoms with Gasteiger partial charge in [0.1, 0.15) is 5.69 Å². The third-order valence-electron chi connectivity index (χ3n) is 3.92. The zero-order valence-corrected chi connectivity index (χ0v) is 12.6. The smallest absolute Gasteiger partial charge is 0.249 e. The van der Waals surface area contributed by atoms with Gasteiger partial charge in [-0.15, -0.1) is 5.10 Å². The molecule has 2 aromatic heterocycles. The lowest BCUT2D eigenvalue weighted by molar-refractivity contribution is 0.100. The van der Waals surface area contributed by atoms with Crippen LogP contribution in [-0.2, 0) is 0 Å². The van der Waals surface area contributed by atoms with Crippen LogP contribution in [0, 0.1) is 0 Å². The molecule has 2 aromatic carbocycles. The maximum absolute atomic E-state index is 11.9. The van der Waals surface area contributed by atoms with E-state index in [1.807, 2.05) is 42.5 Å². The number of H-pyrrole nitrogens is 1.